The fourth-order valence-corrected chi connectivity index (χ4v) is 3.43. The molecule has 1 aromatic heterocycles. The number of nitrogens with zero attached hydrogens (tertiary/aromatic N) is 1. The highest BCUT2D eigenvalue weighted by Gasteiger charge is 2.29. The van der Waals surface area contributed by atoms with Crippen molar-refractivity contribution >= 4 is 16.7 Å². The zero-order valence-electron chi connectivity index (χ0n) is 12.3. The fourth-order valence-electron chi connectivity index (χ4n) is 3.43. The van der Waals surface area contributed by atoms with E-state index in [0.717, 1.165) is 35.9 Å². The zero-order valence-corrected chi connectivity index (χ0v) is 12.3. The smallest absolute Gasteiger partial charge is 0.142 e. The molecule has 2 unspecified atom stereocenters. The molecule has 1 saturated carbocycles. The number of Topliss-reactive ketones (excluding diaryl/α,β-unsaturated/α-hetero) is 1. The van der Waals surface area contributed by atoms with Crippen molar-refractivity contribution in [2.24, 2.45) is 17.6 Å². The largest absolute Gasteiger partial charge is 0.330 e. The minimum atomic E-state index is 0.136. The summed E-state index contributed by atoms with van der Waals surface area (Å²) in [5.74, 6) is 0.816. The van der Waals surface area contributed by atoms with Gasteiger partial charge in [-0.3, -0.25) is 9.78 Å². The van der Waals surface area contributed by atoms with Crippen molar-refractivity contribution in [3.8, 4) is 0 Å². The number of hydrogen-bond donors (Lipinski definition) is 1. The van der Waals surface area contributed by atoms with Crippen LogP contribution in [-0.2, 0) is 11.2 Å². The van der Waals surface area contributed by atoms with Crippen molar-refractivity contribution in [2.45, 2.75) is 32.1 Å². The number of hydrogen-bond acceptors (Lipinski definition) is 3. The van der Waals surface area contributed by atoms with Crippen LogP contribution in [0.1, 0.15) is 31.4 Å². The normalized spacial score (nSPS) is 22.3. The van der Waals surface area contributed by atoms with Crippen molar-refractivity contribution in [3.05, 3.63) is 42.1 Å². The lowest BCUT2D eigenvalue weighted by Crippen LogP contribution is -2.33. The molecule has 1 aliphatic carbocycles. The summed E-state index contributed by atoms with van der Waals surface area (Å²) in [6.45, 7) is 0.627. The highest BCUT2D eigenvalue weighted by Crippen LogP contribution is 2.30. The Morgan fingerprint density at radius 2 is 1.95 bits per heavy atom. The molecule has 2 atom stereocenters. The average molecular weight is 282 g/mol. The predicted octanol–water partition coefficient (Wildman–Crippen LogP) is 3.11. The van der Waals surface area contributed by atoms with Gasteiger partial charge in [-0.1, -0.05) is 37.1 Å². The molecule has 1 fully saturated rings. The zero-order chi connectivity index (χ0) is 14.7. The second kappa shape index (κ2) is 6.35. The number of aromatic nitrogens is 1. The van der Waals surface area contributed by atoms with Gasteiger partial charge in [-0.2, -0.15) is 0 Å². The van der Waals surface area contributed by atoms with Gasteiger partial charge in [0.25, 0.3) is 0 Å². The number of ketones is 1. The average Bonchev–Trinajstić information content (AvgIpc) is 2.54. The van der Waals surface area contributed by atoms with Gasteiger partial charge in [0.2, 0.25) is 0 Å². The lowest BCUT2D eigenvalue weighted by molar-refractivity contribution is -0.124. The molecule has 110 valence electrons. The summed E-state index contributed by atoms with van der Waals surface area (Å²) in [6, 6.07) is 12.0. The molecule has 2 aromatic rings. The van der Waals surface area contributed by atoms with E-state index in [1.807, 2.05) is 36.4 Å². The maximum atomic E-state index is 12.6. The number of para-hydroxylation sites is 1. The van der Waals surface area contributed by atoms with Crippen LogP contribution >= 0.6 is 0 Å². The third-order valence-corrected chi connectivity index (χ3v) is 4.64. The summed E-state index contributed by atoms with van der Waals surface area (Å²) >= 11 is 0. The number of fused-ring (bicyclic) bond motifs is 1. The van der Waals surface area contributed by atoms with Gasteiger partial charge in [-0.15, -0.1) is 0 Å². The van der Waals surface area contributed by atoms with E-state index in [4.69, 9.17) is 5.73 Å². The highest BCUT2D eigenvalue weighted by molar-refractivity contribution is 5.84. The first-order valence-electron chi connectivity index (χ1n) is 7.85. The highest BCUT2D eigenvalue weighted by atomic mass is 16.1. The maximum absolute atomic E-state index is 12.6. The van der Waals surface area contributed by atoms with Gasteiger partial charge in [-0.25, -0.2) is 0 Å². The first-order chi connectivity index (χ1) is 10.3. The summed E-state index contributed by atoms with van der Waals surface area (Å²) in [7, 11) is 0. The van der Waals surface area contributed by atoms with E-state index in [1.54, 1.807) is 0 Å². The topological polar surface area (TPSA) is 56.0 Å². The molecule has 0 radical (unpaired) electrons. The molecular weight excluding hydrogens is 260 g/mol. The minimum absolute atomic E-state index is 0.136. The maximum Gasteiger partial charge on any atom is 0.142 e. The quantitative estimate of drug-likeness (QED) is 0.937. The van der Waals surface area contributed by atoms with Gasteiger partial charge in [0.15, 0.2) is 0 Å². The van der Waals surface area contributed by atoms with Crippen LogP contribution in [0.3, 0.4) is 0 Å². The Morgan fingerprint density at radius 1 is 1.14 bits per heavy atom. The third-order valence-electron chi connectivity index (χ3n) is 4.64. The molecule has 1 heterocycles. The van der Waals surface area contributed by atoms with E-state index in [0.29, 0.717) is 24.7 Å². The Balaban J connectivity index is 1.76. The molecule has 21 heavy (non-hydrogen) atoms. The first kappa shape index (κ1) is 14.2. The number of carbonyl (C=O) groups excluding carboxylic acids is 1. The molecule has 0 bridgehead atoms. The van der Waals surface area contributed by atoms with E-state index >= 15 is 0 Å². The first-order valence-corrected chi connectivity index (χ1v) is 7.85. The summed E-state index contributed by atoms with van der Waals surface area (Å²) in [5.41, 5.74) is 7.67. The molecular formula is C18H22N2O. The van der Waals surface area contributed by atoms with Gasteiger partial charge in [0.05, 0.1) is 5.52 Å². The minimum Gasteiger partial charge on any atom is -0.330 e. The molecule has 3 rings (SSSR count). The number of pyridine rings is 1. The molecule has 3 heteroatoms. The number of nitrogens with two attached hydrogens (primary N) is 1. The van der Waals surface area contributed by atoms with E-state index in [-0.39, 0.29) is 5.92 Å². The standard InChI is InChI=1S/C18H22N2O/c19-12-14-6-1-3-7-16(14)18(21)11-15-10-9-13-5-2-4-8-17(13)20-15/h2,4-5,8-10,14,16H,1,3,6-7,11-12,19H2. The number of benzene rings is 1. The Morgan fingerprint density at radius 3 is 2.81 bits per heavy atom. The van der Waals surface area contributed by atoms with Gasteiger partial charge >= 0.3 is 0 Å². The molecule has 0 aliphatic heterocycles. The second-order valence-electron chi connectivity index (χ2n) is 6.03. The van der Waals surface area contributed by atoms with Crippen molar-refractivity contribution in [1.82, 2.24) is 4.98 Å². The van der Waals surface area contributed by atoms with Gasteiger partial charge in [0, 0.05) is 23.4 Å². The van der Waals surface area contributed by atoms with Crippen molar-refractivity contribution in [1.29, 1.82) is 0 Å². The Hall–Kier alpha value is -1.74. The van der Waals surface area contributed by atoms with Crippen LogP contribution in [0.5, 0.6) is 0 Å². The molecule has 3 nitrogen and oxygen atoms in total. The van der Waals surface area contributed by atoms with Gasteiger partial charge in [-0.05, 0) is 37.4 Å². The van der Waals surface area contributed by atoms with Gasteiger partial charge in [0.1, 0.15) is 5.78 Å². The summed E-state index contributed by atoms with van der Waals surface area (Å²) in [5, 5.41) is 1.12. The second-order valence-corrected chi connectivity index (χ2v) is 6.03. The molecule has 1 aliphatic rings. The summed E-state index contributed by atoms with van der Waals surface area (Å²) in [4.78, 5) is 17.2. The molecule has 0 spiro atoms. The van der Waals surface area contributed by atoms with Crippen molar-refractivity contribution < 1.29 is 4.79 Å². The lowest BCUT2D eigenvalue weighted by atomic mass is 9.76. The lowest BCUT2D eigenvalue weighted by Gasteiger charge is -2.29. The number of rotatable bonds is 4. The van der Waals surface area contributed by atoms with Crippen LogP contribution in [0, 0.1) is 11.8 Å². The molecule has 0 amide bonds. The van der Waals surface area contributed by atoms with Crippen molar-refractivity contribution in [2.75, 3.05) is 6.54 Å². The van der Waals surface area contributed by atoms with Gasteiger partial charge < -0.3 is 5.73 Å². The Labute approximate surface area is 125 Å². The van der Waals surface area contributed by atoms with E-state index in [2.05, 4.69) is 4.98 Å². The molecule has 2 N–H and O–H groups in total. The monoisotopic (exact) mass is 282 g/mol. The van der Waals surface area contributed by atoms with Crippen LogP contribution in [0.4, 0.5) is 0 Å². The summed E-state index contributed by atoms with van der Waals surface area (Å²) < 4.78 is 0. The van der Waals surface area contributed by atoms with Crippen LogP contribution in [0.2, 0.25) is 0 Å². The van der Waals surface area contributed by atoms with Crippen LogP contribution in [-0.4, -0.2) is 17.3 Å². The SMILES string of the molecule is NCC1CCCCC1C(=O)Cc1ccc2ccccc2n1. The Kier molecular flexibility index (Phi) is 4.30. The summed E-state index contributed by atoms with van der Waals surface area (Å²) in [6.07, 6.45) is 4.89. The Bertz CT molecular complexity index is 638. The van der Waals surface area contributed by atoms with E-state index in [1.165, 1.54) is 6.42 Å². The van der Waals surface area contributed by atoms with Crippen molar-refractivity contribution in [3.63, 3.8) is 0 Å². The van der Waals surface area contributed by atoms with Crippen LogP contribution in [0.25, 0.3) is 10.9 Å². The molecule has 0 saturated heterocycles. The third kappa shape index (κ3) is 3.13. The number of carbonyl (C=O) groups is 1. The van der Waals surface area contributed by atoms with Crippen LogP contribution < -0.4 is 5.73 Å². The fraction of sp³-hybridized carbons (Fsp3) is 0.444. The van der Waals surface area contributed by atoms with E-state index in [9.17, 15) is 4.79 Å². The molecule has 1 aromatic carbocycles. The predicted molar refractivity (Wildman–Crippen MR) is 85.0 cm³/mol. The van der Waals surface area contributed by atoms with Crippen LogP contribution in [0.15, 0.2) is 36.4 Å². The van der Waals surface area contributed by atoms with E-state index < -0.39 is 0 Å².